The first-order valence-corrected chi connectivity index (χ1v) is 8.54. The molecule has 0 fully saturated rings. The predicted molar refractivity (Wildman–Crippen MR) is 83.8 cm³/mol. The summed E-state index contributed by atoms with van der Waals surface area (Å²) in [6.07, 6.45) is 0.402. The smallest absolute Gasteiger partial charge is 0.274 e. The quantitative estimate of drug-likeness (QED) is 0.849. The van der Waals surface area contributed by atoms with E-state index in [1.807, 2.05) is 13.8 Å². The van der Waals surface area contributed by atoms with Crippen molar-refractivity contribution in [1.82, 2.24) is 10.0 Å². The fourth-order valence-corrected chi connectivity index (χ4v) is 3.37. The Kier molecular flexibility index (Phi) is 4.87. The number of benzene rings is 1. The summed E-state index contributed by atoms with van der Waals surface area (Å²) in [6, 6.07) is 7.65. The minimum absolute atomic E-state index is 0.167. The Morgan fingerprint density at radius 2 is 1.95 bits per heavy atom. The van der Waals surface area contributed by atoms with Gasteiger partial charge in [-0.3, -0.25) is 4.79 Å². The Morgan fingerprint density at radius 3 is 2.55 bits per heavy atom. The van der Waals surface area contributed by atoms with Gasteiger partial charge < -0.3 is 9.73 Å². The average molecular weight is 324 g/mol. The van der Waals surface area contributed by atoms with Crippen LogP contribution in [0.5, 0.6) is 0 Å². The van der Waals surface area contributed by atoms with Crippen molar-refractivity contribution in [3.8, 4) is 0 Å². The van der Waals surface area contributed by atoms with Crippen LogP contribution in [0.2, 0.25) is 0 Å². The van der Waals surface area contributed by atoms with Crippen LogP contribution in [0.1, 0.15) is 20.3 Å². The zero-order valence-electron chi connectivity index (χ0n) is 12.8. The molecule has 0 spiro atoms. The van der Waals surface area contributed by atoms with E-state index >= 15 is 0 Å². The van der Waals surface area contributed by atoms with Crippen molar-refractivity contribution < 1.29 is 17.6 Å². The van der Waals surface area contributed by atoms with Crippen molar-refractivity contribution >= 4 is 26.9 Å². The van der Waals surface area contributed by atoms with Crippen molar-refractivity contribution in [2.75, 3.05) is 7.05 Å². The van der Waals surface area contributed by atoms with E-state index < -0.39 is 16.1 Å². The van der Waals surface area contributed by atoms with Gasteiger partial charge in [-0.2, -0.15) is 4.72 Å². The summed E-state index contributed by atoms with van der Waals surface area (Å²) >= 11 is 0. The van der Waals surface area contributed by atoms with Crippen molar-refractivity contribution in [3.05, 3.63) is 30.3 Å². The molecular weight excluding hydrogens is 304 g/mol. The number of para-hydroxylation sites is 1. The van der Waals surface area contributed by atoms with Crippen molar-refractivity contribution in [2.24, 2.45) is 5.92 Å². The van der Waals surface area contributed by atoms with Crippen molar-refractivity contribution in [3.63, 3.8) is 0 Å². The summed E-state index contributed by atoms with van der Waals surface area (Å²) in [5, 5.41) is 2.98. The van der Waals surface area contributed by atoms with Gasteiger partial charge in [-0.15, -0.1) is 0 Å². The number of carbonyl (C=O) groups is 1. The summed E-state index contributed by atoms with van der Waals surface area (Å²) in [6.45, 7) is 3.84. The number of hydrogen-bond donors (Lipinski definition) is 2. The van der Waals surface area contributed by atoms with Crippen molar-refractivity contribution in [1.29, 1.82) is 0 Å². The third-order valence-electron chi connectivity index (χ3n) is 3.24. The highest BCUT2D eigenvalue weighted by molar-refractivity contribution is 7.89. The van der Waals surface area contributed by atoms with Crippen LogP contribution < -0.4 is 10.0 Å². The van der Waals surface area contributed by atoms with E-state index in [1.54, 1.807) is 24.3 Å². The maximum atomic E-state index is 12.4. The summed E-state index contributed by atoms with van der Waals surface area (Å²) in [5.41, 5.74) is 0.489. The summed E-state index contributed by atoms with van der Waals surface area (Å²) in [5.74, 6) is -0.200. The second-order valence-corrected chi connectivity index (χ2v) is 7.17. The number of amides is 1. The van der Waals surface area contributed by atoms with Crippen LogP contribution in [0.4, 0.5) is 0 Å². The SMILES string of the molecule is CNC(=O)[C@H](CC(C)C)NS(=O)(=O)c1cc2ccccc2o1. The maximum absolute atomic E-state index is 12.4. The molecule has 0 saturated heterocycles. The van der Waals surface area contributed by atoms with Crippen LogP contribution in [0, 0.1) is 5.92 Å². The average Bonchev–Trinajstić information content (AvgIpc) is 2.89. The highest BCUT2D eigenvalue weighted by Crippen LogP contribution is 2.22. The van der Waals surface area contributed by atoms with Gasteiger partial charge in [0.05, 0.1) is 0 Å². The molecule has 0 aliphatic heterocycles. The van der Waals surface area contributed by atoms with E-state index in [1.165, 1.54) is 13.1 Å². The lowest BCUT2D eigenvalue weighted by Gasteiger charge is -2.18. The molecule has 6 nitrogen and oxygen atoms in total. The lowest BCUT2D eigenvalue weighted by atomic mass is 10.0. The molecule has 0 aliphatic rings. The number of nitrogens with one attached hydrogen (secondary N) is 2. The van der Waals surface area contributed by atoms with Crippen LogP contribution in [-0.2, 0) is 14.8 Å². The molecule has 22 heavy (non-hydrogen) atoms. The minimum atomic E-state index is -3.90. The predicted octanol–water partition coefficient (Wildman–Crippen LogP) is 1.87. The van der Waals surface area contributed by atoms with Crippen LogP contribution >= 0.6 is 0 Å². The molecule has 0 saturated carbocycles. The second kappa shape index (κ2) is 6.50. The number of rotatable bonds is 6. The number of hydrogen-bond acceptors (Lipinski definition) is 4. The lowest BCUT2D eigenvalue weighted by Crippen LogP contribution is -2.46. The maximum Gasteiger partial charge on any atom is 0.274 e. The van der Waals surface area contributed by atoms with E-state index in [4.69, 9.17) is 4.42 Å². The standard InChI is InChI=1S/C15H20N2O4S/c1-10(2)8-12(15(18)16-3)17-22(19,20)14-9-11-6-4-5-7-13(11)21-14/h4-7,9-10,12,17H,8H2,1-3H3,(H,16,18)/t12-/m0/s1. The molecule has 0 aliphatic carbocycles. The number of fused-ring (bicyclic) bond motifs is 1. The summed E-state index contributed by atoms with van der Waals surface area (Å²) in [7, 11) is -2.42. The zero-order valence-corrected chi connectivity index (χ0v) is 13.6. The van der Waals surface area contributed by atoms with Crippen molar-refractivity contribution in [2.45, 2.75) is 31.4 Å². The third-order valence-corrected chi connectivity index (χ3v) is 4.56. The van der Waals surface area contributed by atoms with E-state index in [0.29, 0.717) is 17.4 Å². The van der Waals surface area contributed by atoms with Gasteiger partial charge in [-0.1, -0.05) is 32.0 Å². The number of furan rings is 1. The molecular formula is C15H20N2O4S. The Morgan fingerprint density at radius 1 is 1.27 bits per heavy atom. The molecule has 7 heteroatoms. The Balaban J connectivity index is 2.29. The molecule has 120 valence electrons. The fraction of sp³-hybridized carbons (Fsp3) is 0.400. The molecule has 1 atom stereocenters. The summed E-state index contributed by atoms with van der Waals surface area (Å²) < 4.78 is 32.6. The molecule has 0 unspecified atom stereocenters. The lowest BCUT2D eigenvalue weighted by molar-refractivity contribution is -0.122. The molecule has 2 aromatic rings. The van der Waals surface area contributed by atoms with E-state index in [2.05, 4.69) is 10.0 Å². The molecule has 1 heterocycles. The Labute approximate surface area is 129 Å². The molecule has 2 N–H and O–H groups in total. The molecule has 2 rings (SSSR count). The number of likely N-dealkylation sites (N-methyl/N-ethyl adjacent to an activating group) is 1. The first-order chi connectivity index (χ1) is 10.3. The molecule has 1 aromatic carbocycles. The van der Waals surface area contributed by atoms with Gasteiger partial charge in [0.1, 0.15) is 11.6 Å². The van der Waals surface area contributed by atoms with Gasteiger partial charge in [-0.25, -0.2) is 8.42 Å². The molecule has 0 radical (unpaired) electrons. The van der Waals surface area contributed by atoms with Gasteiger partial charge in [0, 0.05) is 18.5 Å². The van der Waals surface area contributed by atoms with Gasteiger partial charge in [0.15, 0.2) is 0 Å². The largest absolute Gasteiger partial charge is 0.443 e. The van der Waals surface area contributed by atoms with Crippen LogP contribution in [-0.4, -0.2) is 27.4 Å². The zero-order chi connectivity index (χ0) is 16.3. The van der Waals surface area contributed by atoms with Gasteiger partial charge >= 0.3 is 0 Å². The van der Waals surface area contributed by atoms with Crippen LogP contribution in [0.3, 0.4) is 0 Å². The normalized spacial score (nSPS) is 13.5. The molecule has 0 bridgehead atoms. The summed E-state index contributed by atoms with van der Waals surface area (Å²) in [4.78, 5) is 11.9. The number of carbonyl (C=O) groups excluding carboxylic acids is 1. The van der Waals surface area contributed by atoms with E-state index in [0.717, 1.165) is 0 Å². The van der Waals surface area contributed by atoms with Crippen LogP contribution in [0.15, 0.2) is 39.8 Å². The van der Waals surface area contributed by atoms with Gasteiger partial charge in [-0.05, 0) is 18.4 Å². The number of sulfonamides is 1. The molecule has 1 amide bonds. The topological polar surface area (TPSA) is 88.4 Å². The third kappa shape index (κ3) is 3.66. The fourth-order valence-electron chi connectivity index (χ4n) is 2.19. The highest BCUT2D eigenvalue weighted by Gasteiger charge is 2.28. The minimum Gasteiger partial charge on any atom is -0.443 e. The van der Waals surface area contributed by atoms with Crippen LogP contribution in [0.25, 0.3) is 11.0 Å². The molecule has 1 aromatic heterocycles. The Hall–Kier alpha value is -1.86. The Bertz CT molecular complexity index is 732. The second-order valence-electron chi connectivity index (χ2n) is 5.52. The highest BCUT2D eigenvalue weighted by atomic mass is 32.2. The first-order valence-electron chi connectivity index (χ1n) is 7.06. The van der Waals surface area contributed by atoms with Gasteiger partial charge in [0.2, 0.25) is 11.0 Å². The van der Waals surface area contributed by atoms with Gasteiger partial charge in [0.25, 0.3) is 10.0 Å². The van der Waals surface area contributed by atoms with E-state index in [-0.39, 0.29) is 16.9 Å². The monoisotopic (exact) mass is 324 g/mol. The van der Waals surface area contributed by atoms with E-state index in [9.17, 15) is 13.2 Å². The first kappa shape index (κ1) is 16.5.